The topological polar surface area (TPSA) is 12.9 Å². The first-order valence-corrected chi connectivity index (χ1v) is 12.3. The van der Waals surface area contributed by atoms with Crippen LogP contribution in [0.1, 0.15) is 68.7 Å². The molecular formula is C31H33N. The summed E-state index contributed by atoms with van der Waals surface area (Å²) in [5.41, 5.74) is 12.0. The van der Waals surface area contributed by atoms with Gasteiger partial charge in [0.1, 0.15) is 0 Å². The molecule has 0 aliphatic heterocycles. The Morgan fingerprint density at radius 1 is 0.781 bits per heavy atom. The van der Waals surface area contributed by atoms with Gasteiger partial charge in [0.05, 0.1) is 11.2 Å². The lowest BCUT2D eigenvalue weighted by Gasteiger charge is -2.29. The first kappa shape index (κ1) is 20.9. The molecule has 0 bridgehead atoms. The third-order valence-electron chi connectivity index (χ3n) is 7.54. The lowest BCUT2D eigenvalue weighted by atomic mass is 9.74. The smallest absolute Gasteiger partial charge is 0.0713 e. The van der Waals surface area contributed by atoms with Crippen LogP contribution in [0.25, 0.3) is 33.3 Å². The second-order valence-electron chi connectivity index (χ2n) is 9.43. The van der Waals surface area contributed by atoms with Gasteiger partial charge in [0, 0.05) is 16.4 Å². The molecular weight excluding hydrogens is 386 g/mol. The van der Waals surface area contributed by atoms with E-state index in [4.69, 9.17) is 4.98 Å². The number of benzene rings is 3. The maximum atomic E-state index is 5.18. The summed E-state index contributed by atoms with van der Waals surface area (Å²) in [6, 6.07) is 25.1. The third-order valence-corrected chi connectivity index (χ3v) is 7.54. The van der Waals surface area contributed by atoms with Crippen LogP contribution in [-0.4, -0.2) is 4.98 Å². The molecule has 32 heavy (non-hydrogen) atoms. The molecule has 1 aliphatic rings. The van der Waals surface area contributed by atoms with E-state index in [0.29, 0.717) is 0 Å². The van der Waals surface area contributed by atoms with Crippen molar-refractivity contribution in [3.05, 3.63) is 89.0 Å². The maximum Gasteiger partial charge on any atom is 0.0713 e. The summed E-state index contributed by atoms with van der Waals surface area (Å²) >= 11 is 0. The van der Waals surface area contributed by atoms with Crippen molar-refractivity contribution in [2.45, 2.75) is 65.2 Å². The van der Waals surface area contributed by atoms with Crippen molar-refractivity contribution in [3.63, 3.8) is 0 Å². The molecule has 1 nitrogen and oxygen atoms in total. The van der Waals surface area contributed by atoms with Crippen LogP contribution in [0.2, 0.25) is 0 Å². The minimum absolute atomic E-state index is 0.0917. The van der Waals surface area contributed by atoms with Gasteiger partial charge in [-0.3, -0.25) is 0 Å². The van der Waals surface area contributed by atoms with Crippen LogP contribution in [0.3, 0.4) is 0 Å². The maximum absolute atomic E-state index is 5.18. The van der Waals surface area contributed by atoms with Crippen molar-refractivity contribution in [2.24, 2.45) is 0 Å². The average molecular weight is 420 g/mol. The van der Waals surface area contributed by atoms with E-state index in [1.165, 1.54) is 57.2 Å². The molecule has 0 atom stereocenters. The fourth-order valence-electron chi connectivity index (χ4n) is 5.78. The molecule has 1 heterocycles. The standard InChI is InChI=1S/C31H33N/c1-5-8-11-22-16-21(4)17-24(18-22)29-15-14-23-19-26-25-12-9-10-13-27(25)31(6-2,7-3)28(26)20-30(23)32-29/h9-10,12-20H,5-8,11H2,1-4H3. The number of hydrogen-bond acceptors (Lipinski definition) is 1. The summed E-state index contributed by atoms with van der Waals surface area (Å²) in [4.78, 5) is 5.18. The van der Waals surface area contributed by atoms with Crippen LogP contribution >= 0.6 is 0 Å². The van der Waals surface area contributed by atoms with Gasteiger partial charge in [-0.2, -0.15) is 0 Å². The molecule has 4 aromatic rings. The van der Waals surface area contributed by atoms with Crippen LogP contribution in [0.15, 0.2) is 66.7 Å². The molecule has 1 aromatic heterocycles. The second kappa shape index (κ2) is 8.20. The summed E-state index contributed by atoms with van der Waals surface area (Å²) in [6.45, 7) is 9.11. The third kappa shape index (κ3) is 3.26. The highest BCUT2D eigenvalue weighted by Gasteiger charge is 2.40. The minimum Gasteiger partial charge on any atom is -0.248 e. The summed E-state index contributed by atoms with van der Waals surface area (Å²) in [5, 5.41) is 1.23. The van der Waals surface area contributed by atoms with E-state index < -0.39 is 0 Å². The van der Waals surface area contributed by atoms with E-state index in [1.54, 1.807) is 0 Å². The van der Waals surface area contributed by atoms with E-state index in [1.807, 2.05) is 0 Å². The van der Waals surface area contributed by atoms with Gasteiger partial charge in [-0.05, 0) is 90.8 Å². The quantitative estimate of drug-likeness (QED) is 0.305. The van der Waals surface area contributed by atoms with Gasteiger partial charge in [-0.15, -0.1) is 0 Å². The number of aryl methyl sites for hydroxylation is 2. The fourth-order valence-corrected chi connectivity index (χ4v) is 5.78. The Balaban J connectivity index is 1.66. The minimum atomic E-state index is 0.0917. The van der Waals surface area contributed by atoms with Crippen molar-refractivity contribution < 1.29 is 0 Å². The van der Waals surface area contributed by atoms with E-state index in [2.05, 4.69) is 94.4 Å². The molecule has 0 saturated heterocycles. The van der Waals surface area contributed by atoms with Gasteiger partial charge in [-0.1, -0.05) is 69.2 Å². The molecule has 0 N–H and O–H groups in total. The zero-order valence-corrected chi connectivity index (χ0v) is 19.8. The van der Waals surface area contributed by atoms with Crippen LogP contribution in [-0.2, 0) is 11.8 Å². The monoisotopic (exact) mass is 419 g/mol. The number of aromatic nitrogens is 1. The molecule has 0 amide bonds. The first-order chi connectivity index (χ1) is 15.6. The normalized spacial score (nSPS) is 13.9. The Morgan fingerprint density at radius 2 is 1.59 bits per heavy atom. The first-order valence-electron chi connectivity index (χ1n) is 12.3. The molecule has 1 aliphatic carbocycles. The predicted molar refractivity (Wildman–Crippen MR) is 137 cm³/mol. The summed E-state index contributed by atoms with van der Waals surface area (Å²) in [5.74, 6) is 0. The molecule has 0 unspecified atom stereocenters. The van der Waals surface area contributed by atoms with Crippen molar-refractivity contribution >= 4 is 10.9 Å². The van der Waals surface area contributed by atoms with E-state index in [9.17, 15) is 0 Å². The lowest BCUT2D eigenvalue weighted by molar-refractivity contribution is 0.491. The van der Waals surface area contributed by atoms with Gasteiger partial charge in [0.15, 0.2) is 0 Å². The highest BCUT2D eigenvalue weighted by Crippen LogP contribution is 2.53. The van der Waals surface area contributed by atoms with Crippen molar-refractivity contribution in [1.82, 2.24) is 4.98 Å². The number of unbranched alkanes of at least 4 members (excludes halogenated alkanes) is 1. The number of rotatable bonds is 6. The Kier molecular flexibility index (Phi) is 5.37. The predicted octanol–water partition coefficient (Wildman–Crippen LogP) is 8.64. The average Bonchev–Trinajstić information content (AvgIpc) is 3.10. The zero-order valence-electron chi connectivity index (χ0n) is 19.8. The van der Waals surface area contributed by atoms with Crippen LogP contribution in [0.5, 0.6) is 0 Å². The van der Waals surface area contributed by atoms with Gasteiger partial charge in [0.2, 0.25) is 0 Å². The van der Waals surface area contributed by atoms with E-state index in [0.717, 1.165) is 30.5 Å². The zero-order chi connectivity index (χ0) is 22.3. The van der Waals surface area contributed by atoms with Gasteiger partial charge < -0.3 is 0 Å². The Labute approximate surface area is 192 Å². The molecule has 1 heteroatoms. The Morgan fingerprint density at radius 3 is 2.38 bits per heavy atom. The van der Waals surface area contributed by atoms with Crippen molar-refractivity contribution in [1.29, 1.82) is 0 Å². The number of nitrogens with zero attached hydrogens (tertiary/aromatic N) is 1. The SMILES string of the molecule is CCCCc1cc(C)cc(-c2ccc3cc4c(cc3n2)C(CC)(CC)c2ccccc2-4)c1. The molecule has 162 valence electrons. The summed E-state index contributed by atoms with van der Waals surface area (Å²) < 4.78 is 0. The fraction of sp³-hybridized carbons (Fsp3) is 0.323. The van der Waals surface area contributed by atoms with Crippen molar-refractivity contribution in [2.75, 3.05) is 0 Å². The van der Waals surface area contributed by atoms with Gasteiger partial charge >= 0.3 is 0 Å². The van der Waals surface area contributed by atoms with Crippen LogP contribution < -0.4 is 0 Å². The highest BCUT2D eigenvalue weighted by atomic mass is 14.7. The number of fused-ring (bicyclic) bond motifs is 4. The summed E-state index contributed by atoms with van der Waals surface area (Å²) in [7, 11) is 0. The lowest BCUT2D eigenvalue weighted by Crippen LogP contribution is -2.23. The van der Waals surface area contributed by atoms with Crippen molar-refractivity contribution in [3.8, 4) is 22.4 Å². The van der Waals surface area contributed by atoms with E-state index in [-0.39, 0.29) is 5.41 Å². The van der Waals surface area contributed by atoms with Crippen LogP contribution in [0, 0.1) is 6.92 Å². The molecule has 0 fully saturated rings. The van der Waals surface area contributed by atoms with E-state index >= 15 is 0 Å². The molecule has 5 rings (SSSR count). The molecule has 0 spiro atoms. The Hall–Kier alpha value is -2.93. The van der Waals surface area contributed by atoms with Gasteiger partial charge in [0.25, 0.3) is 0 Å². The molecule has 3 aromatic carbocycles. The number of pyridine rings is 1. The van der Waals surface area contributed by atoms with Crippen LogP contribution in [0.4, 0.5) is 0 Å². The Bertz CT molecular complexity index is 1290. The summed E-state index contributed by atoms with van der Waals surface area (Å²) in [6.07, 6.45) is 5.81. The number of hydrogen-bond donors (Lipinski definition) is 0. The highest BCUT2D eigenvalue weighted by molar-refractivity contribution is 5.92. The largest absolute Gasteiger partial charge is 0.248 e. The van der Waals surface area contributed by atoms with Gasteiger partial charge in [-0.25, -0.2) is 4.98 Å². The molecule has 0 saturated carbocycles. The second-order valence-corrected chi connectivity index (χ2v) is 9.43. The molecule has 0 radical (unpaired) electrons.